The minimum Gasteiger partial charge on any atom is -0.507 e. The van der Waals surface area contributed by atoms with Gasteiger partial charge in [-0.3, -0.25) is 0 Å². The van der Waals surface area contributed by atoms with Gasteiger partial charge >= 0.3 is 0 Å². The third-order valence-corrected chi connectivity index (χ3v) is 5.98. The van der Waals surface area contributed by atoms with E-state index in [1.807, 2.05) is 12.4 Å². The maximum absolute atomic E-state index is 9.99. The zero-order chi connectivity index (χ0) is 19.6. The fourth-order valence-corrected chi connectivity index (χ4v) is 3.95. The summed E-state index contributed by atoms with van der Waals surface area (Å²) in [4.78, 5) is 0. The van der Waals surface area contributed by atoms with Crippen molar-refractivity contribution in [2.75, 3.05) is 0 Å². The van der Waals surface area contributed by atoms with Crippen molar-refractivity contribution >= 4 is 11.4 Å². The molecular weight excluding hydrogens is 338 g/mol. The first-order chi connectivity index (χ1) is 12.9. The molecule has 1 fully saturated rings. The van der Waals surface area contributed by atoms with Crippen LogP contribution in [-0.2, 0) is 0 Å². The molecule has 1 aliphatic rings. The molecular formula is C21H29N5O. The Kier molecular flexibility index (Phi) is 5.17. The van der Waals surface area contributed by atoms with E-state index in [-0.39, 0.29) is 11.6 Å². The van der Waals surface area contributed by atoms with Crippen molar-refractivity contribution in [1.29, 1.82) is 0 Å². The molecule has 6 nitrogen and oxygen atoms in total. The first-order valence-corrected chi connectivity index (χ1v) is 9.45. The van der Waals surface area contributed by atoms with Crippen molar-refractivity contribution in [3.63, 3.8) is 0 Å². The van der Waals surface area contributed by atoms with Crippen LogP contribution in [0.1, 0.15) is 56.6 Å². The third-order valence-electron chi connectivity index (χ3n) is 5.98. The average molecular weight is 367 g/mol. The number of nitrogens with two attached hydrogens (primary N) is 3. The van der Waals surface area contributed by atoms with Crippen LogP contribution in [0.3, 0.4) is 0 Å². The van der Waals surface area contributed by atoms with E-state index in [0.717, 1.165) is 0 Å². The number of aromatic hydroxyl groups is 1. The van der Waals surface area contributed by atoms with E-state index >= 15 is 0 Å². The van der Waals surface area contributed by atoms with Gasteiger partial charge in [-0.1, -0.05) is 38.8 Å². The predicted molar refractivity (Wildman–Crippen MR) is 109 cm³/mol. The van der Waals surface area contributed by atoms with Gasteiger partial charge in [-0.05, 0) is 47.9 Å². The van der Waals surface area contributed by atoms with Gasteiger partial charge in [0.2, 0.25) is 0 Å². The Labute approximate surface area is 160 Å². The fraction of sp³-hybridized carbons (Fsp3) is 0.381. The number of hydrogen-bond donors (Lipinski definition) is 4. The third kappa shape index (κ3) is 3.65. The fourth-order valence-electron chi connectivity index (χ4n) is 3.95. The highest BCUT2D eigenvalue weighted by atomic mass is 16.3. The Morgan fingerprint density at radius 1 is 1.22 bits per heavy atom. The molecule has 0 atom stereocenters. The lowest BCUT2D eigenvalue weighted by molar-refractivity contribution is 0.0901. The molecule has 1 heterocycles. The van der Waals surface area contributed by atoms with Gasteiger partial charge in [0.25, 0.3) is 0 Å². The van der Waals surface area contributed by atoms with Gasteiger partial charge in [0, 0.05) is 17.5 Å². The summed E-state index contributed by atoms with van der Waals surface area (Å²) in [6.45, 7) is 4.54. The molecule has 1 aromatic carbocycles. The second-order valence-electron chi connectivity index (χ2n) is 7.49. The van der Waals surface area contributed by atoms with Crippen molar-refractivity contribution in [3.8, 4) is 5.75 Å². The molecule has 3 rings (SSSR count). The molecule has 1 saturated carbocycles. The van der Waals surface area contributed by atoms with Crippen LogP contribution >= 0.6 is 0 Å². The second kappa shape index (κ2) is 7.39. The lowest BCUT2D eigenvalue weighted by atomic mass is 9.58. The van der Waals surface area contributed by atoms with Crippen LogP contribution < -0.4 is 17.2 Å². The molecule has 7 N–H and O–H groups in total. The Balaban J connectivity index is 1.84. The number of benzene rings is 1. The minimum absolute atomic E-state index is 0.104. The van der Waals surface area contributed by atoms with Crippen LogP contribution in [0.25, 0.3) is 11.4 Å². The highest BCUT2D eigenvalue weighted by Crippen LogP contribution is 2.55. The summed E-state index contributed by atoms with van der Waals surface area (Å²) >= 11 is 0. The van der Waals surface area contributed by atoms with Crippen molar-refractivity contribution in [3.05, 3.63) is 59.7 Å². The first kappa shape index (κ1) is 18.9. The Morgan fingerprint density at radius 3 is 2.48 bits per heavy atom. The van der Waals surface area contributed by atoms with E-state index in [4.69, 9.17) is 17.2 Å². The van der Waals surface area contributed by atoms with E-state index in [0.29, 0.717) is 28.3 Å². The molecule has 0 saturated heterocycles. The molecule has 27 heavy (non-hydrogen) atoms. The lowest BCUT2D eigenvalue weighted by Crippen LogP contribution is -2.34. The van der Waals surface area contributed by atoms with Gasteiger partial charge in [-0.2, -0.15) is 5.10 Å². The average Bonchev–Trinajstić information content (AvgIpc) is 3.09. The zero-order valence-electron chi connectivity index (χ0n) is 16.0. The van der Waals surface area contributed by atoms with Crippen LogP contribution in [0.4, 0.5) is 0 Å². The Morgan fingerprint density at radius 2 is 1.89 bits per heavy atom. The van der Waals surface area contributed by atoms with Crippen LogP contribution in [0, 0.1) is 5.41 Å². The number of nitrogens with zero attached hydrogens (tertiary/aromatic N) is 2. The molecule has 2 aromatic rings. The highest BCUT2D eigenvalue weighted by Gasteiger charge is 2.42. The molecule has 0 radical (unpaired) electrons. The SMILES string of the molecule is CCC1(CC)CC(c2cnn(C(/C=C(\N)c3ccccc3O)=C(N)N)c2)C1. The Bertz CT molecular complexity index is 864. The summed E-state index contributed by atoms with van der Waals surface area (Å²) in [5.74, 6) is 0.749. The van der Waals surface area contributed by atoms with E-state index in [1.165, 1.54) is 31.2 Å². The highest BCUT2D eigenvalue weighted by molar-refractivity contribution is 5.77. The first-order valence-electron chi connectivity index (χ1n) is 9.45. The summed E-state index contributed by atoms with van der Waals surface area (Å²) < 4.78 is 1.66. The number of aromatic nitrogens is 2. The molecule has 0 amide bonds. The quantitative estimate of drug-likeness (QED) is 0.585. The van der Waals surface area contributed by atoms with E-state index in [2.05, 4.69) is 18.9 Å². The van der Waals surface area contributed by atoms with E-state index in [9.17, 15) is 5.11 Å². The van der Waals surface area contributed by atoms with Gasteiger partial charge in [0.15, 0.2) is 0 Å². The molecule has 0 bridgehead atoms. The molecule has 0 spiro atoms. The number of phenols is 1. The standard InChI is InChI=1S/C21H29N5O/c1-3-21(4-2)10-14(11-21)15-12-25-26(13-15)18(20(23)24)9-17(22)16-7-5-6-8-19(16)27/h5-9,12-14,27H,3-4,10-11,22-24H2,1-2H3/b17-9-. The zero-order valence-corrected chi connectivity index (χ0v) is 16.0. The van der Waals surface area contributed by atoms with Gasteiger partial charge in [-0.25, -0.2) is 4.68 Å². The number of para-hydroxylation sites is 1. The maximum atomic E-state index is 9.99. The van der Waals surface area contributed by atoms with Gasteiger partial charge < -0.3 is 22.3 Å². The smallest absolute Gasteiger partial charge is 0.124 e. The molecule has 0 aliphatic heterocycles. The van der Waals surface area contributed by atoms with Gasteiger partial charge in [0.05, 0.1) is 6.20 Å². The van der Waals surface area contributed by atoms with Crippen LogP contribution in [0.15, 0.2) is 48.6 Å². The summed E-state index contributed by atoms with van der Waals surface area (Å²) in [7, 11) is 0. The molecule has 6 heteroatoms. The number of rotatable bonds is 6. The maximum Gasteiger partial charge on any atom is 0.124 e. The minimum atomic E-state index is 0.104. The summed E-state index contributed by atoms with van der Waals surface area (Å²) in [5, 5.41) is 14.4. The number of hydrogen-bond acceptors (Lipinski definition) is 5. The Hall–Kier alpha value is -2.89. The second-order valence-corrected chi connectivity index (χ2v) is 7.49. The largest absolute Gasteiger partial charge is 0.507 e. The predicted octanol–water partition coefficient (Wildman–Crippen LogP) is 3.32. The topological polar surface area (TPSA) is 116 Å². The lowest BCUT2D eigenvalue weighted by Gasteiger charge is -2.47. The number of phenolic OH excluding ortho intramolecular Hbond substituents is 1. The molecule has 1 aliphatic carbocycles. The van der Waals surface area contributed by atoms with Crippen molar-refractivity contribution in [1.82, 2.24) is 9.78 Å². The molecule has 144 valence electrons. The van der Waals surface area contributed by atoms with Crippen molar-refractivity contribution in [2.45, 2.75) is 45.4 Å². The summed E-state index contributed by atoms with van der Waals surface area (Å²) in [5.41, 5.74) is 21.0. The molecule has 1 aromatic heterocycles. The van der Waals surface area contributed by atoms with E-state index in [1.54, 1.807) is 35.0 Å². The van der Waals surface area contributed by atoms with Gasteiger partial charge in [-0.15, -0.1) is 0 Å². The van der Waals surface area contributed by atoms with E-state index < -0.39 is 0 Å². The number of allylic oxidation sites excluding steroid dienone is 2. The van der Waals surface area contributed by atoms with Crippen molar-refractivity contribution in [2.24, 2.45) is 22.6 Å². The normalized spacial score (nSPS) is 16.7. The molecule has 0 unspecified atom stereocenters. The summed E-state index contributed by atoms with van der Waals surface area (Å²) in [6.07, 6.45) is 10.3. The monoisotopic (exact) mass is 367 g/mol. The van der Waals surface area contributed by atoms with Crippen molar-refractivity contribution < 1.29 is 5.11 Å². The van der Waals surface area contributed by atoms with Crippen LogP contribution in [0.2, 0.25) is 0 Å². The van der Waals surface area contributed by atoms with Crippen LogP contribution in [-0.4, -0.2) is 14.9 Å². The van der Waals surface area contributed by atoms with Gasteiger partial charge in [0.1, 0.15) is 17.3 Å². The summed E-state index contributed by atoms with van der Waals surface area (Å²) in [6, 6.07) is 6.87. The van der Waals surface area contributed by atoms with Crippen LogP contribution in [0.5, 0.6) is 5.75 Å².